The van der Waals surface area contributed by atoms with Gasteiger partial charge in [0.25, 0.3) is 5.91 Å². The summed E-state index contributed by atoms with van der Waals surface area (Å²) in [6.45, 7) is 2.91. The third kappa shape index (κ3) is 4.67. The Kier molecular flexibility index (Phi) is 6.55. The van der Waals surface area contributed by atoms with Gasteiger partial charge in [0.1, 0.15) is 0 Å². The van der Waals surface area contributed by atoms with Gasteiger partial charge in [0.15, 0.2) is 11.5 Å². The van der Waals surface area contributed by atoms with Crippen LogP contribution in [0.5, 0.6) is 11.5 Å². The van der Waals surface area contributed by atoms with Crippen LogP contribution >= 0.6 is 15.9 Å². The maximum atomic E-state index is 12.9. The lowest BCUT2D eigenvalue weighted by Gasteiger charge is -2.53. The van der Waals surface area contributed by atoms with E-state index in [4.69, 9.17) is 9.47 Å². The van der Waals surface area contributed by atoms with Crippen molar-refractivity contribution in [1.82, 2.24) is 9.80 Å². The Morgan fingerprint density at radius 2 is 1.59 bits per heavy atom. The summed E-state index contributed by atoms with van der Waals surface area (Å²) in [6, 6.07) is 13.1. The monoisotopic (exact) mass is 498 g/mol. The molecule has 0 radical (unpaired) electrons. The molecule has 0 bridgehead atoms. The van der Waals surface area contributed by atoms with E-state index in [1.54, 1.807) is 38.5 Å². The highest BCUT2D eigenvalue weighted by Crippen LogP contribution is 2.41. The topological polar surface area (TPSA) is 59.1 Å². The maximum Gasteiger partial charge on any atom is 0.254 e. The number of ether oxygens (including phenoxy) is 2. The van der Waals surface area contributed by atoms with Gasteiger partial charge in [0.2, 0.25) is 5.91 Å². The van der Waals surface area contributed by atoms with Crippen molar-refractivity contribution in [3.63, 3.8) is 0 Å². The Hall–Kier alpha value is -2.80. The van der Waals surface area contributed by atoms with E-state index in [1.165, 1.54) is 0 Å². The first-order valence-corrected chi connectivity index (χ1v) is 11.5. The average molecular weight is 499 g/mol. The molecule has 2 saturated heterocycles. The Bertz CT molecular complexity index is 1020. The van der Waals surface area contributed by atoms with E-state index in [0.717, 1.165) is 49.1 Å². The van der Waals surface area contributed by atoms with Crippen LogP contribution in [0.2, 0.25) is 0 Å². The molecule has 2 aliphatic rings. The number of likely N-dealkylation sites (tertiary alicyclic amines) is 2. The lowest BCUT2D eigenvalue weighted by Crippen LogP contribution is -2.62. The lowest BCUT2D eigenvalue weighted by atomic mass is 9.71. The molecule has 168 valence electrons. The summed E-state index contributed by atoms with van der Waals surface area (Å²) >= 11 is 3.42. The van der Waals surface area contributed by atoms with E-state index in [-0.39, 0.29) is 17.2 Å². The fourth-order valence-corrected chi connectivity index (χ4v) is 4.69. The molecule has 6 nitrogen and oxygen atoms in total. The number of nitrogens with zero attached hydrogens (tertiary/aromatic N) is 2. The van der Waals surface area contributed by atoms with Crippen LogP contribution in [-0.4, -0.2) is 62.0 Å². The Labute approximate surface area is 196 Å². The number of carbonyl (C=O) groups excluding carboxylic acids is 2. The predicted octanol–water partition coefficient (Wildman–Crippen LogP) is 4.24. The maximum absolute atomic E-state index is 12.9. The van der Waals surface area contributed by atoms with E-state index < -0.39 is 0 Å². The second-order valence-corrected chi connectivity index (χ2v) is 9.36. The summed E-state index contributed by atoms with van der Waals surface area (Å²) in [4.78, 5) is 29.2. The molecule has 2 aromatic carbocycles. The summed E-state index contributed by atoms with van der Waals surface area (Å²) in [5.74, 6) is 1.21. The molecule has 2 aliphatic heterocycles. The minimum absolute atomic E-state index is 0.00696. The minimum Gasteiger partial charge on any atom is -0.493 e. The molecular formula is C25H27BrN2O4. The summed E-state index contributed by atoms with van der Waals surface area (Å²) in [5, 5.41) is 0. The average Bonchev–Trinajstić information content (AvgIpc) is 2.81. The van der Waals surface area contributed by atoms with Crippen LogP contribution < -0.4 is 9.47 Å². The van der Waals surface area contributed by atoms with Gasteiger partial charge in [-0.3, -0.25) is 9.59 Å². The van der Waals surface area contributed by atoms with Gasteiger partial charge in [0.05, 0.1) is 14.2 Å². The van der Waals surface area contributed by atoms with Crippen LogP contribution in [0.3, 0.4) is 0 Å². The first-order valence-electron chi connectivity index (χ1n) is 10.7. The van der Waals surface area contributed by atoms with Crippen molar-refractivity contribution in [2.75, 3.05) is 40.4 Å². The number of amides is 2. The van der Waals surface area contributed by atoms with Crippen molar-refractivity contribution in [3.05, 3.63) is 64.1 Å². The number of hydrogen-bond acceptors (Lipinski definition) is 4. The molecule has 2 aromatic rings. The second-order valence-electron chi connectivity index (χ2n) is 8.44. The molecule has 7 heteroatoms. The number of carbonyl (C=O) groups is 2. The van der Waals surface area contributed by atoms with E-state index in [0.29, 0.717) is 17.1 Å². The summed E-state index contributed by atoms with van der Waals surface area (Å²) < 4.78 is 11.6. The Balaban J connectivity index is 1.29. The Morgan fingerprint density at radius 3 is 2.22 bits per heavy atom. The number of hydrogen-bond donors (Lipinski definition) is 0. The van der Waals surface area contributed by atoms with Crippen LogP contribution in [0, 0.1) is 5.41 Å². The van der Waals surface area contributed by atoms with Crippen molar-refractivity contribution < 1.29 is 19.1 Å². The lowest BCUT2D eigenvalue weighted by molar-refractivity contribution is -0.130. The molecule has 0 atom stereocenters. The third-order valence-corrected chi connectivity index (χ3v) is 6.92. The number of benzene rings is 2. The SMILES string of the molecule is COc1ccc(C(=O)N2CC3(CCN(C(=O)/C=C/c4ccc(Br)cc4)CC3)C2)cc1OC. The first-order chi connectivity index (χ1) is 15.4. The van der Waals surface area contributed by atoms with Gasteiger partial charge in [-0.05, 0) is 54.8 Å². The van der Waals surface area contributed by atoms with Gasteiger partial charge in [-0.15, -0.1) is 0 Å². The standard InChI is InChI=1S/C25H27BrN2O4/c1-31-21-9-6-19(15-22(21)32-2)24(30)28-16-25(17-28)11-13-27(14-12-25)23(29)10-5-18-3-7-20(26)8-4-18/h3-10,15H,11-14,16-17H2,1-2H3/b10-5+. The molecule has 1 spiro atoms. The van der Waals surface area contributed by atoms with Crippen LogP contribution in [0.15, 0.2) is 53.0 Å². The highest BCUT2D eigenvalue weighted by atomic mass is 79.9. The summed E-state index contributed by atoms with van der Waals surface area (Å²) in [6.07, 6.45) is 5.34. The number of rotatable bonds is 5. The van der Waals surface area contributed by atoms with Crippen molar-refractivity contribution in [1.29, 1.82) is 0 Å². The van der Waals surface area contributed by atoms with Gasteiger partial charge < -0.3 is 19.3 Å². The van der Waals surface area contributed by atoms with Crippen LogP contribution in [0.1, 0.15) is 28.8 Å². The zero-order valence-electron chi connectivity index (χ0n) is 18.3. The number of methoxy groups -OCH3 is 2. The zero-order valence-corrected chi connectivity index (χ0v) is 19.9. The molecule has 0 unspecified atom stereocenters. The van der Waals surface area contributed by atoms with Gasteiger partial charge >= 0.3 is 0 Å². The van der Waals surface area contributed by atoms with Crippen molar-refractivity contribution in [2.45, 2.75) is 12.8 Å². The Morgan fingerprint density at radius 1 is 0.938 bits per heavy atom. The highest BCUT2D eigenvalue weighted by Gasteiger charge is 2.47. The normalized spacial score (nSPS) is 17.3. The van der Waals surface area contributed by atoms with E-state index >= 15 is 0 Å². The molecule has 0 aromatic heterocycles. The van der Waals surface area contributed by atoms with Crippen molar-refractivity contribution in [3.8, 4) is 11.5 Å². The van der Waals surface area contributed by atoms with Crippen LogP contribution in [-0.2, 0) is 4.79 Å². The van der Waals surface area contributed by atoms with E-state index in [9.17, 15) is 9.59 Å². The molecule has 4 rings (SSSR count). The van der Waals surface area contributed by atoms with Crippen LogP contribution in [0.4, 0.5) is 0 Å². The summed E-state index contributed by atoms with van der Waals surface area (Å²) in [7, 11) is 3.14. The first kappa shape index (κ1) is 22.4. The summed E-state index contributed by atoms with van der Waals surface area (Å²) in [5.41, 5.74) is 1.72. The van der Waals surface area contributed by atoms with Gasteiger partial charge in [-0.1, -0.05) is 28.1 Å². The smallest absolute Gasteiger partial charge is 0.254 e. The largest absolute Gasteiger partial charge is 0.493 e. The number of halogens is 1. The minimum atomic E-state index is 0.00696. The molecule has 2 amide bonds. The highest BCUT2D eigenvalue weighted by molar-refractivity contribution is 9.10. The van der Waals surface area contributed by atoms with Crippen molar-refractivity contribution in [2.24, 2.45) is 5.41 Å². The second kappa shape index (κ2) is 9.36. The molecule has 0 aliphatic carbocycles. The molecule has 0 saturated carbocycles. The zero-order chi connectivity index (χ0) is 22.7. The molecular weight excluding hydrogens is 472 g/mol. The van der Waals surface area contributed by atoms with Crippen molar-refractivity contribution >= 4 is 33.8 Å². The number of piperidine rings is 1. The predicted molar refractivity (Wildman–Crippen MR) is 127 cm³/mol. The van der Waals surface area contributed by atoms with Gasteiger partial charge in [-0.25, -0.2) is 0 Å². The van der Waals surface area contributed by atoms with E-state index in [1.807, 2.05) is 40.1 Å². The molecule has 2 fully saturated rings. The van der Waals surface area contributed by atoms with E-state index in [2.05, 4.69) is 15.9 Å². The fourth-order valence-electron chi connectivity index (χ4n) is 4.42. The quantitative estimate of drug-likeness (QED) is 0.578. The van der Waals surface area contributed by atoms with Crippen LogP contribution in [0.25, 0.3) is 6.08 Å². The third-order valence-electron chi connectivity index (χ3n) is 6.39. The molecule has 32 heavy (non-hydrogen) atoms. The molecule has 2 heterocycles. The fraction of sp³-hybridized carbons (Fsp3) is 0.360. The van der Waals surface area contributed by atoms with Gasteiger partial charge in [0, 0.05) is 47.7 Å². The molecule has 0 N–H and O–H groups in total. The van der Waals surface area contributed by atoms with Gasteiger partial charge in [-0.2, -0.15) is 0 Å².